The summed E-state index contributed by atoms with van der Waals surface area (Å²) in [6.45, 7) is 13.8. The fourth-order valence-corrected chi connectivity index (χ4v) is 6.26. The third-order valence-electron chi connectivity index (χ3n) is 8.41. The number of hydrogen-bond acceptors (Lipinski definition) is 10. The normalized spacial score (nSPS) is 14.3. The van der Waals surface area contributed by atoms with Gasteiger partial charge in [-0.3, -0.25) is 0 Å². The summed E-state index contributed by atoms with van der Waals surface area (Å²) in [5, 5.41) is 19.8. The van der Waals surface area contributed by atoms with E-state index >= 15 is 0 Å². The molecule has 3 aliphatic rings. The van der Waals surface area contributed by atoms with Crippen LogP contribution in [0.3, 0.4) is 0 Å². The van der Waals surface area contributed by atoms with E-state index in [0.29, 0.717) is 75.0 Å². The average Bonchev–Trinajstić information content (AvgIpc) is 3.05. The van der Waals surface area contributed by atoms with Crippen LogP contribution < -0.4 is 20.5 Å². The third-order valence-corrected chi connectivity index (χ3v) is 8.41. The molecular formula is C36H47N2O9+. The second-order valence-corrected chi connectivity index (χ2v) is 12.1. The van der Waals surface area contributed by atoms with Gasteiger partial charge in [0.05, 0.1) is 69.8 Å². The SMILES string of the molecule is CCN1c2cc3oc(=O)c4cc5ccc(=[N+](CCOCCOCCO)CCOCCOCCO)cc-5oc4c3cc2C(C)=CC1(C)C. The molecule has 0 saturated carbocycles. The molecule has 3 heterocycles. The summed E-state index contributed by atoms with van der Waals surface area (Å²) in [5.41, 5.74) is 4.46. The second kappa shape index (κ2) is 16.0. The molecule has 254 valence electrons. The van der Waals surface area contributed by atoms with E-state index in [0.717, 1.165) is 34.1 Å². The first-order chi connectivity index (χ1) is 22.8. The Labute approximate surface area is 274 Å². The molecule has 1 aromatic carbocycles. The van der Waals surface area contributed by atoms with E-state index < -0.39 is 5.63 Å². The van der Waals surface area contributed by atoms with Gasteiger partial charge in [0.15, 0.2) is 18.7 Å². The lowest BCUT2D eigenvalue weighted by atomic mass is 9.88. The molecule has 0 unspecified atom stereocenters. The van der Waals surface area contributed by atoms with Crippen LogP contribution in [0.1, 0.15) is 33.3 Å². The van der Waals surface area contributed by atoms with Gasteiger partial charge in [0.25, 0.3) is 0 Å². The quantitative estimate of drug-likeness (QED) is 0.0576. The number of aliphatic hydroxyl groups is 2. The number of fused-ring (bicyclic) bond motifs is 5. The maximum Gasteiger partial charge on any atom is 0.347 e. The summed E-state index contributed by atoms with van der Waals surface area (Å²) in [6, 6.07) is 11.8. The van der Waals surface area contributed by atoms with E-state index in [-0.39, 0.29) is 32.0 Å². The number of hydrogen-bond donors (Lipinski definition) is 2. The van der Waals surface area contributed by atoms with Crippen LogP contribution in [0, 0.1) is 0 Å². The van der Waals surface area contributed by atoms with Crippen LogP contribution in [-0.2, 0) is 18.9 Å². The Kier molecular flexibility index (Phi) is 11.8. The maximum absolute atomic E-state index is 13.3. The standard InChI is InChI=1S/C36H47N2O9/c1-5-38-31-23-33-29(22-28(31)25(2)24-36(38,3)4)34-30(35(41)47-33)20-26-6-7-27(21-32(26)46-34)37(8-12-42-16-18-44-14-10-39)9-13-43-17-19-45-15-11-40/h6-7,20-24,39-40H,5,8-19H2,1-4H3/q+1. The minimum Gasteiger partial charge on any atom is -0.455 e. The van der Waals surface area contributed by atoms with Crippen molar-refractivity contribution in [1.29, 1.82) is 0 Å². The third kappa shape index (κ3) is 8.11. The fraction of sp³-hybridized carbons (Fsp3) is 0.500. The predicted molar refractivity (Wildman–Crippen MR) is 182 cm³/mol. The molecule has 0 saturated heterocycles. The Morgan fingerprint density at radius 3 is 2.06 bits per heavy atom. The van der Waals surface area contributed by atoms with Crippen molar-refractivity contribution in [2.45, 2.75) is 33.2 Å². The zero-order valence-electron chi connectivity index (χ0n) is 27.9. The van der Waals surface area contributed by atoms with Crippen LogP contribution in [0.2, 0.25) is 0 Å². The van der Waals surface area contributed by atoms with E-state index in [9.17, 15) is 4.79 Å². The van der Waals surface area contributed by atoms with Crippen LogP contribution in [-0.4, -0.2) is 101 Å². The van der Waals surface area contributed by atoms with Gasteiger partial charge in [0.2, 0.25) is 5.36 Å². The van der Waals surface area contributed by atoms with Crippen LogP contribution >= 0.6 is 0 Å². The van der Waals surface area contributed by atoms with Crippen molar-refractivity contribution in [3.8, 4) is 11.3 Å². The van der Waals surface area contributed by atoms with Crippen molar-refractivity contribution in [2.24, 2.45) is 0 Å². The van der Waals surface area contributed by atoms with Gasteiger partial charge in [-0.25, -0.2) is 9.37 Å². The fourth-order valence-electron chi connectivity index (χ4n) is 6.26. The molecule has 11 heteroatoms. The zero-order chi connectivity index (χ0) is 33.4. The largest absolute Gasteiger partial charge is 0.455 e. The molecule has 0 bridgehead atoms. The lowest BCUT2D eigenvalue weighted by molar-refractivity contribution is 0.0274. The van der Waals surface area contributed by atoms with Gasteiger partial charge in [-0.2, -0.15) is 0 Å². The number of anilines is 1. The van der Waals surface area contributed by atoms with E-state index in [1.54, 1.807) is 0 Å². The predicted octanol–water partition coefficient (Wildman–Crippen LogP) is 3.49. The number of aliphatic hydroxyl groups excluding tert-OH is 2. The van der Waals surface area contributed by atoms with Gasteiger partial charge in [-0.1, -0.05) is 6.08 Å². The molecule has 2 aromatic rings. The first kappa shape index (κ1) is 34.7. The summed E-state index contributed by atoms with van der Waals surface area (Å²) in [4.78, 5) is 15.6. The van der Waals surface area contributed by atoms with Gasteiger partial charge in [0, 0.05) is 35.5 Å². The van der Waals surface area contributed by atoms with Crippen molar-refractivity contribution in [1.82, 2.24) is 4.58 Å². The molecule has 0 radical (unpaired) electrons. The number of benzene rings is 2. The Morgan fingerprint density at radius 1 is 0.809 bits per heavy atom. The smallest absolute Gasteiger partial charge is 0.347 e. The molecule has 11 nitrogen and oxygen atoms in total. The summed E-state index contributed by atoms with van der Waals surface area (Å²) < 4.78 is 36.7. The highest BCUT2D eigenvalue weighted by atomic mass is 16.5. The highest BCUT2D eigenvalue weighted by Crippen LogP contribution is 2.42. The Hall–Kier alpha value is -3.58. The minimum absolute atomic E-state index is 0.0174. The molecule has 2 N–H and O–H groups in total. The van der Waals surface area contributed by atoms with Crippen LogP contribution in [0.4, 0.5) is 5.69 Å². The van der Waals surface area contributed by atoms with Gasteiger partial charge in [-0.15, -0.1) is 0 Å². The number of ether oxygens (including phenoxy) is 4. The van der Waals surface area contributed by atoms with E-state index in [1.165, 1.54) is 5.57 Å². The van der Waals surface area contributed by atoms with E-state index in [2.05, 4.69) is 49.3 Å². The topological polar surface area (TPSA) is 127 Å². The summed E-state index contributed by atoms with van der Waals surface area (Å²) in [5.74, 6) is 0.643. The van der Waals surface area contributed by atoms with Crippen LogP contribution in [0.15, 0.2) is 56.1 Å². The maximum atomic E-state index is 13.3. The number of allylic oxidation sites excluding steroid dienone is 1. The number of rotatable bonds is 17. The average molecular weight is 652 g/mol. The van der Waals surface area contributed by atoms with Crippen LogP contribution in [0.5, 0.6) is 0 Å². The van der Waals surface area contributed by atoms with Crippen molar-refractivity contribution < 1.29 is 38.0 Å². The van der Waals surface area contributed by atoms with Gasteiger partial charge < -0.3 is 42.9 Å². The van der Waals surface area contributed by atoms with Crippen molar-refractivity contribution >= 4 is 33.2 Å². The molecule has 0 spiro atoms. The van der Waals surface area contributed by atoms with Crippen molar-refractivity contribution in [3.63, 3.8) is 0 Å². The number of likely N-dealkylation sites (N-methyl/N-ethyl adjacent to an activating group) is 1. The Bertz CT molecular complexity index is 1770. The zero-order valence-corrected chi connectivity index (χ0v) is 27.9. The Morgan fingerprint density at radius 2 is 1.45 bits per heavy atom. The molecular weight excluding hydrogens is 604 g/mol. The molecule has 0 atom stereocenters. The molecule has 1 aliphatic carbocycles. The molecule has 0 fully saturated rings. The lowest BCUT2D eigenvalue weighted by Crippen LogP contribution is -2.44. The molecule has 47 heavy (non-hydrogen) atoms. The highest BCUT2D eigenvalue weighted by molar-refractivity contribution is 6.05. The molecule has 0 amide bonds. The first-order valence-corrected chi connectivity index (χ1v) is 16.3. The second-order valence-electron chi connectivity index (χ2n) is 12.1. The van der Waals surface area contributed by atoms with E-state index in [4.69, 9.17) is 38.0 Å². The molecule has 2 aliphatic heterocycles. The monoisotopic (exact) mass is 651 g/mol. The summed E-state index contributed by atoms with van der Waals surface area (Å²) >= 11 is 0. The van der Waals surface area contributed by atoms with Gasteiger partial charge in [-0.05, 0) is 51.5 Å². The van der Waals surface area contributed by atoms with E-state index in [1.807, 2.05) is 30.3 Å². The van der Waals surface area contributed by atoms with Crippen molar-refractivity contribution in [2.75, 3.05) is 90.6 Å². The minimum atomic E-state index is -0.436. The molecule has 5 rings (SSSR count). The summed E-state index contributed by atoms with van der Waals surface area (Å²) in [6.07, 6.45) is 2.27. The molecule has 1 aromatic heterocycles. The first-order valence-electron chi connectivity index (χ1n) is 16.3. The van der Waals surface area contributed by atoms with Gasteiger partial charge >= 0.3 is 5.63 Å². The summed E-state index contributed by atoms with van der Waals surface area (Å²) in [7, 11) is 0. The van der Waals surface area contributed by atoms with Crippen LogP contribution in [0.25, 0.3) is 38.8 Å². The Balaban J connectivity index is 1.51. The lowest BCUT2D eigenvalue weighted by Gasteiger charge is -2.42. The number of nitrogens with zero attached hydrogens (tertiary/aromatic N) is 2. The highest BCUT2D eigenvalue weighted by Gasteiger charge is 2.31. The van der Waals surface area contributed by atoms with Gasteiger partial charge in [0.1, 0.15) is 29.9 Å². The van der Waals surface area contributed by atoms with Crippen molar-refractivity contribution in [3.05, 3.63) is 63.8 Å².